The maximum atomic E-state index is 12.9. The minimum atomic E-state index is -0.674. The number of rotatable bonds is 3. The molecule has 0 aliphatic rings. The van der Waals surface area contributed by atoms with Gasteiger partial charge in [-0.15, -0.1) is 0 Å². The highest BCUT2D eigenvalue weighted by Gasteiger charge is 2.12. The Labute approximate surface area is 115 Å². The number of nitrogens with zero attached hydrogens (tertiary/aromatic N) is 1. The average Bonchev–Trinajstić information content (AvgIpc) is 2.39. The van der Waals surface area contributed by atoms with E-state index in [-0.39, 0.29) is 11.7 Å². The van der Waals surface area contributed by atoms with Crippen LogP contribution in [0.25, 0.3) is 0 Å². The Morgan fingerprint density at radius 3 is 2.58 bits per heavy atom. The first-order valence-corrected chi connectivity index (χ1v) is 6.13. The molecule has 1 unspecified atom stereocenters. The number of nitrogens with one attached hydrogen (secondary N) is 1. The Morgan fingerprint density at radius 1 is 1.26 bits per heavy atom. The van der Waals surface area contributed by atoms with E-state index >= 15 is 0 Å². The maximum Gasteiger partial charge on any atom is 0.270 e. The third kappa shape index (κ3) is 3.51. The topological polar surface area (TPSA) is 42.0 Å². The SMILES string of the molecule is CC(NC(=O)c1cccc(F)n1)c1ccc(Cl)cc1. The lowest BCUT2D eigenvalue weighted by molar-refractivity contribution is 0.0933. The number of carbonyl (C=O) groups is 1. The lowest BCUT2D eigenvalue weighted by atomic mass is 10.1. The van der Waals surface area contributed by atoms with Gasteiger partial charge in [0.05, 0.1) is 6.04 Å². The predicted octanol–water partition coefficient (Wildman–Crippen LogP) is 3.37. The molecule has 1 heterocycles. The van der Waals surface area contributed by atoms with Gasteiger partial charge in [0.15, 0.2) is 0 Å². The van der Waals surface area contributed by atoms with Crippen molar-refractivity contribution in [3.05, 3.63) is 64.7 Å². The van der Waals surface area contributed by atoms with Crippen molar-refractivity contribution >= 4 is 17.5 Å². The second-order valence-electron chi connectivity index (χ2n) is 4.09. The minimum Gasteiger partial charge on any atom is -0.344 e. The first-order valence-electron chi connectivity index (χ1n) is 5.75. The van der Waals surface area contributed by atoms with Gasteiger partial charge in [-0.1, -0.05) is 29.8 Å². The van der Waals surface area contributed by atoms with Gasteiger partial charge in [0, 0.05) is 5.02 Å². The molecule has 1 aromatic heterocycles. The largest absolute Gasteiger partial charge is 0.344 e. The summed E-state index contributed by atoms with van der Waals surface area (Å²) >= 11 is 5.80. The Balaban J connectivity index is 2.08. The molecule has 1 N–H and O–H groups in total. The van der Waals surface area contributed by atoms with Crippen LogP contribution in [0.15, 0.2) is 42.5 Å². The Kier molecular flexibility index (Phi) is 4.12. The summed E-state index contributed by atoms with van der Waals surface area (Å²) in [6.45, 7) is 1.83. The normalized spacial score (nSPS) is 11.9. The zero-order chi connectivity index (χ0) is 13.8. The number of amides is 1. The molecule has 5 heteroatoms. The van der Waals surface area contributed by atoms with Crippen molar-refractivity contribution in [2.24, 2.45) is 0 Å². The molecule has 98 valence electrons. The van der Waals surface area contributed by atoms with Crippen molar-refractivity contribution in [1.29, 1.82) is 0 Å². The molecule has 0 saturated heterocycles. The highest BCUT2D eigenvalue weighted by Crippen LogP contribution is 2.16. The van der Waals surface area contributed by atoms with Crippen LogP contribution < -0.4 is 5.32 Å². The molecule has 2 rings (SSSR count). The highest BCUT2D eigenvalue weighted by molar-refractivity contribution is 6.30. The van der Waals surface area contributed by atoms with E-state index < -0.39 is 11.9 Å². The fraction of sp³-hybridized carbons (Fsp3) is 0.143. The van der Waals surface area contributed by atoms with E-state index in [0.29, 0.717) is 5.02 Å². The van der Waals surface area contributed by atoms with Crippen LogP contribution in [0.4, 0.5) is 4.39 Å². The maximum absolute atomic E-state index is 12.9. The van der Waals surface area contributed by atoms with Gasteiger partial charge in [0.2, 0.25) is 5.95 Å². The summed E-state index contributed by atoms with van der Waals surface area (Å²) in [7, 11) is 0. The second kappa shape index (κ2) is 5.80. The molecule has 2 aromatic rings. The van der Waals surface area contributed by atoms with Crippen LogP contribution in [0.3, 0.4) is 0 Å². The quantitative estimate of drug-likeness (QED) is 0.875. The van der Waals surface area contributed by atoms with Crippen LogP contribution in [0.2, 0.25) is 5.02 Å². The molecule has 0 saturated carbocycles. The van der Waals surface area contributed by atoms with E-state index in [0.717, 1.165) is 5.56 Å². The van der Waals surface area contributed by atoms with Gasteiger partial charge < -0.3 is 5.32 Å². The number of carbonyl (C=O) groups excluding carboxylic acids is 1. The van der Waals surface area contributed by atoms with Crippen molar-refractivity contribution in [1.82, 2.24) is 10.3 Å². The number of halogens is 2. The third-order valence-corrected chi connectivity index (χ3v) is 2.92. The first-order chi connectivity index (χ1) is 9.06. The monoisotopic (exact) mass is 278 g/mol. The van der Waals surface area contributed by atoms with Gasteiger partial charge in [-0.3, -0.25) is 4.79 Å². The number of hydrogen-bond donors (Lipinski definition) is 1. The van der Waals surface area contributed by atoms with E-state index in [1.54, 1.807) is 12.1 Å². The van der Waals surface area contributed by atoms with Crippen LogP contribution in [0.1, 0.15) is 29.0 Å². The van der Waals surface area contributed by atoms with Crippen molar-refractivity contribution in [3.63, 3.8) is 0 Å². The van der Waals surface area contributed by atoms with E-state index in [4.69, 9.17) is 11.6 Å². The zero-order valence-corrected chi connectivity index (χ0v) is 11.0. The van der Waals surface area contributed by atoms with E-state index in [1.807, 2.05) is 19.1 Å². The lowest BCUT2D eigenvalue weighted by Gasteiger charge is -2.14. The number of pyridine rings is 1. The number of aromatic nitrogens is 1. The lowest BCUT2D eigenvalue weighted by Crippen LogP contribution is -2.27. The summed E-state index contributed by atoms with van der Waals surface area (Å²) in [5, 5.41) is 3.38. The van der Waals surface area contributed by atoms with Gasteiger partial charge in [-0.2, -0.15) is 4.39 Å². The van der Waals surface area contributed by atoms with Gasteiger partial charge >= 0.3 is 0 Å². The zero-order valence-electron chi connectivity index (χ0n) is 10.2. The molecule has 1 atom stereocenters. The summed E-state index contributed by atoms with van der Waals surface area (Å²) < 4.78 is 12.9. The summed E-state index contributed by atoms with van der Waals surface area (Å²) in [5.74, 6) is -1.09. The van der Waals surface area contributed by atoms with Crippen molar-refractivity contribution < 1.29 is 9.18 Å². The number of benzene rings is 1. The van der Waals surface area contributed by atoms with Crippen LogP contribution >= 0.6 is 11.6 Å². The van der Waals surface area contributed by atoms with Gasteiger partial charge in [0.1, 0.15) is 5.69 Å². The smallest absolute Gasteiger partial charge is 0.270 e. The summed E-state index contributed by atoms with van der Waals surface area (Å²) in [6.07, 6.45) is 0. The molecule has 0 spiro atoms. The first kappa shape index (κ1) is 13.5. The minimum absolute atomic E-state index is 0.0563. The van der Waals surface area contributed by atoms with Crippen LogP contribution in [0, 0.1) is 5.95 Å². The molecule has 19 heavy (non-hydrogen) atoms. The summed E-state index contributed by atoms with van der Waals surface area (Å²) in [4.78, 5) is 15.4. The Morgan fingerprint density at radius 2 is 1.95 bits per heavy atom. The van der Waals surface area contributed by atoms with E-state index in [2.05, 4.69) is 10.3 Å². The van der Waals surface area contributed by atoms with Crippen LogP contribution in [-0.4, -0.2) is 10.9 Å². The van der Waals surface area contributed by atoms with E-state index in [9.17, 15) is 9.18 Å². The predicted molar refractivity (Wildman–Crippen MR) is 71.5 cm³/mol. The van der Waals surface area contributed by atoms with Gasteiger partial charge in [0.25, 0.3) is 5.91 Å². The van der Waals surface area contributed by atoms with Crippen LogP contribution in [-0.2, 0) is 0 Å². The average molecular weight is 279 g/mol. The van der Waals surface area contributed by atoms with Crippen molar-refractivity contribution in [2.45, 2.75) is 13.0 Å². The molecule has 1 amide bonds. The van der Waals surface area contributed by atoms with Crippen molar-refractivity contribution in [2.75, 3.05) is 0 Å². The molecule has 1 aromatic carbocycles. The van der Waals surface area contributed by atoms with Crippen LogP contribution in [0.5, 0.6) is 0 Å². The molecule has 0 bridgehead atoms. The fourth-order valence-corrected chi connectivity index (χ4v) is 1.77. The standard InChI is InChI=1S/C14H12ClFN2O/c1-9(10-5-7-11(15)8-6-10)17-14(19)12-3-2-4-13(16)18-12/h2-9H,1H3,(H,17,19). The molecule has 0 aliphatic carbocycles. The Bertz CT molecular complexity index is 586. The Hall–Kier alpha value is -1.94. The molecule has 3 nitrogen and oxygen atoms in total. The second-order valence-corrected chi connectivity index (χ2v) is 4.53. The number of hydrogen-bond acceptors (Lipinski definition) is 2. The third-order valence-electron chi connectivity index (χ3n) is 2.67. The molecular weight excluding hydrogens is 267 g/mol. The molecule has 0 radical (unpaired) electrons. The van der Waals surface area contributed by atoms with Gasteiger partial charge in [-0.25, -0.2) is 4.98 Å². The van der Waals surface area contributed by atoms with Gasteiger partial charge in [-0.05, 0) is 36.8 Å². The molecule has 0 fully saturated rings. The molecule has 0 aliphatic heterocycles. The fourth-order valence-electron chi connectivity index (χ4n) is 1.64. The highest BCUT2D eigenvalue weighted by atomic mass is 35.5. The molecular formula is C14H12ClFN2O. The summed E-state index contributed by atoms with van der Waals surface area (Å²) in [6, 6.07) is 11.0. The summed E-state index contributed by atoms with van der Waals surface area (Å²) in [5.41, 5.74) is 0.968. The van der Waals surface area contributed by atoms with E-state index in [1.165, 1.54) is 18.2 Å². The van der Waals surface area contributed by atoms with Crippen molar-refractivity contribution in [3.8, 4) is 0 Å².